The predicted octanol–water partition coefficient (Wildman–Crippen LogP) is 1.26. The summed E-state index contributed by atoms with van der Waals surface area (Å²) in [7, 11) is 3.21. The maximum atomic E-state index is 13.7. The monoisotopic (exact) mass is 513 g/mol. The summed E-state index contributed by atoms with van der Waals surface area (Å²) in [4.78, 5) is 40.6. The van der Waals surface area contributed by atoms with Crippen molar-refractivity contribution in [2.75, 3.05) is 20.6 Å². The van der Waals surface area contributed by atoms with Crippen LogP contribution in [-0.2, 0) is 22.6 Å². The molecule has 0 saturated carbocycles. The number of likely N-dealkylation sites (N-methyl/N-ethyl adjacent to an activating group) is 1. The van der Waals surface area contributed by atoms with Gasteiger partial charge in [0.1, 0.15) is 22.8 Å². The number of phenolic OH excluding ortho intramolecular Hbond substituents is 1. The molecule has 200 valence electrons. The Labute approximate surface area is 215 Å². The van der Waals surface area contributed by atoms with Gasteiger partial charge in [-0.1, -0.05) is 26.3 Å². The van der Waals surface area contributed by atoms with Crippen LogP contribution in [0.25, 0.3) is 0 Å². The Morgan fingerprint density at radius 1 is 1.24 bits per heavy atom. The molecule has 3 aliphatic rings. The molecule has 0 fully saturated rings. The quantitative estimate of drug-likeness (QED) is 0.293. The smallest absolute Gasteiger partial charge is 0.255 e. The molecule has 1 amide bonds. The average molecular weight is 514 g/mol. The molecule has 5 atom stereocenters. The van der Waals surface area contributed by atoms with Crippen molar-refractivity contribution in [1.82, 2.24) is 10.2 Å². The first-order chi connectivity index (χ1) is 17.4. The molecule has 10 nitrogen and oxygen atoms in total. The molecule has 0 aromatic heterocycles. The highest BCUT2D eigenvalue weighted by atomic mass is 16.3. The Morgan fingerprint density at radius 2 is 1.92 bits per heavy atom. The lowest BCUT2D eigenvalue weighted by Gasteiger charge is -2.50. The number of ketones is 2. The van der Waals surface area contributed by atoms with E-state index in [0.29, 0.717) is 18.0 Å². The van der Waals surface area contributed by atoms with E-state index < -0.39 is 58.0 Å². The third kappa shape index (κ3) is 4.03. The lowest BCUT2D eigenvalue weighted by Crippen LogP contribution is -2.63. The van der Waals surface area contributed by atoms with Gasteiger partial charge in [-0.3, -0.25) is 19.3 Å². The molecule has 0 radical (unpaired) electrons. The average Bonchev–Trinajstić information content (AvgIpc) is 2.82. The van der Waals surface area contributed by atoms with E-state index in [9.17, 15) is 34.8 Å². The highest BCUT2D eigenvalue weighted by molar-refractivity contribution is 6.24. The summed E-state index contributed by atoms with van der Waals surface area (Å²) in [6, 6.07) is 2.18. The standard InChI is InChI=1S/C27H35N3O7/c1-5-12(2)10-29-11-13-6-7-17(31)19-15(13)8-14-9-16-21(30(3)4)23(33)20(26(28)36)25(35)27(16,37)24(34)18(14)22(19)32/h6-7,12,14,16,21,29,31,33-34,37H,5,8-11H2,1-4H3,(H2,28,36). The zero-order valence-electron chi connectivity index (χ0n) is 21.5. The fraction of sp³-hybridized carbons (Fsp3) is 0.519. The number of nitrogens with one attached hydrogen (secondary N) is 1. The summed E-state index contributed by atoms with van der Waals surface area (Å²) >= 11 is 0. The van der Waals surface area contributed by atoms with Crippen LogP contribution in [0, 0.1) is 17.8 Å². The molecule has 0 bridgehead atoms. The molecule has 5 unspecified atom stereocenters. The number of nitrogens with zero attached hydrogens (tertiary/aromatic N) is 1. The second-order valence-corrected chi connectivity index (χ2v) is 10.7. The first-order valence-electron chi connectivity index (χ1n) is 12.5. The molecule has 0 saturated heterocycles. The van der Waals surface area contributed by atoms with Crippen LogP contribution in [0.3, 0.4) is 0 Å². The molecule has 3 aliphatic carbocycles. The van der Waals surface area contributed by atoms with Crippen molar-refractivity contribution < 1.29 is 34.8 Å². The number of hydrogen-bond donors (Lipinski definition) is 6. The van der Waals surface area contributed by atoms with Crippen LogP contribution in [0.1, 0.15) is 48.2 Å². The van der Waals surface area contributed by atoms with Gasteiger partial charge in [0.2, 0.25) is 5.78 Å². The Bertz CT molecular complexity index is 1230. The molecule has 0 heterocycles. The molecular formula is C27H35N3O7. The Morgan fingerprint density at radius 3 is 2.51 bits per heavy atom. The number of amides is 1. The molecule has 4 rings (SSSR count). The third-order valence-electron chi connectivity index (χ3n) is 8.21. The molecular weight excluding hydrogens is 478 g/mol. The van der Waals surface area contributed by atoms with Crippen molar-refractivity contribution in [3.8, 4) is 5.75 Å². The number of benzene rings is 1. The van der Waals surface area contributed by atoms with Crippen LogP contribution >= 0.6 is 0 Å². The number of carbonyl (C=O) groups excluding carboxylic acids is 3. The van der Waals surface area contributed by atoms with Crippen LogP contribution in [0.4, 0.5) is 0 Å². The molecule has 1 aromatic rings. The molecule has 37 heavy (non-hydrogen) atoms. The fourth-order valence-corrected chi connectivity index (χ4v) is 6.08. The highest BCUT2D eigenvalue weighted by Crippen LogP contribution is 2.52. The second-order valence-electron chi connectivity index (χ2n) is 10.7. The van der Waals surface area contributed by atoms with Gasteiger partial charge in [0, 0.05) is 18.0 Å². The molecule has 0 aliphatic heterocycles. The van der Waals surface area contributed by atoms with Crippen molar-refractivity contribution in [1.29, 1.82) is 0 Å². The molecule has 7 N–H and O–H groups in total. The summed E-state index contributed by atoms with van der Waals surface area (Å²) < 4.78 is 0. The topological polar surface area (TPSA) is 173 Å². The van der Waals surface area contributed by atoms with Crippen LogP contribution in [0.5, 0.6) is 5.75 Å². The van der Waals surface area contributed by atoms with Crippen molar-refractivity contribution in [2.45, 2.75) is 51.3 Å². The number of Topliss-reactive ketones (excluding diaryl/α,β-unsaturated/α-hetero) is 2. The first-order valence-corrected chi connectivity index (χ1v) is 12.5. The number of hydrogen-bond acceptors (Lipinski definition) is 9. The zero-order valence-corrected chi connectivity index (χ0v) is 21.5. The molecule has 0 spiro atoms. The van der Waals surface area contributed by atoms with Gasteiger partial charge < -0.3 is 31.5 Å². The van der Waals surface area contributed by atoms with Gasteiger partial charge in [0.05, 0.1) is 11.6 Å². The normalized spacial score (nSPS) is 28.2. The van der Waals surface area contributed by atoms with Crippen LogP contribution in [-0.4, -0.2) is 75.1 Å². The van der Waals surface area contributed by atoms with E-state index in [-0.39, 0.29) is 29.7 Å². The van der Waals surface area contributed by atoms with E-state index >= 15 is 0 Å². The number of phenols is 1. The van der Waals surface area contributed by atoms with E-state index in [0.717, 1.165) is 18.5 Å². The minimum atomic E-state index is -2.63. The van der Waals surface area contributed by atoms with Gasteiger partial charge in [-0.15, -0.1) is 0 Å². The maximum Gasteiger partial charge on any atom is 0.255 e. The van der Waals surface area contributed by atoms with Crippen LogP contribution in [0.2, 0.25) is 0 Å². The number of aliphatic hydroxyl groups excluding tert-OH is 2. The minimum absolute atomic E-state index is 0.0311. The van der Waals surface area contributed by atoms with E-state index in [1.54, 1.807) is 20.2 Å². The van der Waals surface area contributed by atoms with Crippen molar-refractivity contribution in [3.63, 3.8) is 0 Å². The Hall–Kier alpha value is -3.21. The van der Waals surface area contributed by atoms with Gasteiger partial charge >= 0.3 is 0 Å². The van der Waals surface area contributed by atoms with E-state index in [4.69, 9.17) is 5.73 Å². The highest BCUT2D eigenvalue weighted by Gasteiger charge is 2.63. The fourth-order valence-electron chi connectivity index (χ4n) is 6.08. The Kier molecular flexibility index (Phi) is 6.96. The van der Waals surface area contributed by atoms with Gasteiger partial charge in [-0.05, 0) is 62.5 Å². The minimum Gasteiger partial charge on any atom is -0.510 e. The zero-order chi connectivity index (χ0) is 27.4. The van der Waals surface area contributed by atoms with Gasteiger partial charge in [0.25, 0.3) is 5.91 Å². The number of primary amides is 1. The summed E-state index contributed by atoms with van der Waals surface area (Å²) in [6.45, 7) is 5.50. The van der Waals surface area contributed by atoms with Crippen molar-refractivity contribution >= 4 is 17.5 Å². The third-order valence-corrected chi connectivity index (χ3v) is 8.21. The number of rotatable bonds is 7. The number of carbonyl (C=O) groups is 3. The van der Waals surface area contributed by atoms with Crippen molar-refractivity contribution in [2.24, 2.45) is 23.5 Å². The lowest BCUT2D eigenvalue weighted by molar-refractivity contribution is -0.148. The summed E-state index contributed by atoms with van der Waals surface area (Å²) in [5, 5.41) is 47.8. The maximum absolute atomic E-state index is 13.7. The number of fused-ring (bicyclic) bond motifs is 3. The SMILES string of the molecule is CCC(C)CNCc1ccc(O)c2c1CC1CC3C(N(C)C)C(O)=C(C(N)=O)C(=O)C3(O)C(O)=C1C2=O. The summed E-state index contributed by atoms with van der Waals surface area (Å²) in [5.41, 5.74) is 3.27. The van der Waals surface area contributed by atoms with E-state index in [1.165, 1.54) is 11.0 Å². The number of allylic oxidation sites excluding steroid dienone is 1. The lowest BCUT2D eigenvalue weighted by atomic mass is 9.58. The van der Waals surface area contributed by atoms with E-state index in [2.05, 4.69) is 19.2 Å². The number of nitrogens with two attached hydrogens (primary N) is 1. The number of aromatic hydroxyl groups is 1. The van der Waals surface area contributed by atoms with E-state index in [1.807, 2.05) is 0 Å². The molecule has 10 heteroatoms. The largest absolute Gasteiger partial charge is 0.510 e. The van der Waals surface area contributed by atoms with Gasteiger partial charge in [-0.2, -0.15) is 0 Å². The van der Waals surface area contributed by atoms with Gasteiger partial charge in [-0.25, -0.2) is 0 Å². The van der Waals surface area contributed by atoms with Gasteiger partial charge in [0.15, 0.2) is 11.4 Å². The first kappa shape index (κ1) is 26.8. The van der Waals surface area contributed by atoms with Crippen molar-refractivity contribution in [3.05, 3.63) is 51.5 Å². The Balaban J connectivity index is 1.83. The second kappa shape index (κ2) is 9.59. The summed E-state index contributed by atoms with van der Waals surface area (Å²) in [6.07, 6.45) is 1.37. The molecule has 1 aromatic carbocycles. The summed E-state index contributed by atoms with van der Waals surface area (Å²) in [5.74, 6) is -6.00. The number of aliphatic hydroxyl groups is 3. The van der Waals surface area contributed by atoms with Crippen LogP contribution in [0.15, 0.2) is 34.8 Å². The predicted molar refractivity (Wildman–Crippen MR) is 135 cm³/mol. The van der Waals surface area contributed by atoms with Crippen LogP contribution < -0.4 is 11.1 Å².